The van der Waals surface area contributed by atoms with Gasteiger partial charge in [0, 0.05) is 12.6 Å². The Morgan fingerprint density at radius 3 is 2.63 bits per heavy atom. The maximum atomic E-state index is 12.8. The number of hydrazine groups is 1. The summed E-state index contributed by atoms with van der Waals surface area (Å²) in [6.45, 7) is 4.62. The Morgan fingerprint density at radius 1 is 1.26 bits per heavy atom. The van der Waals surface area contributed by atoms with E-state index in [0.717, 1.165) is 12.8 Å². The van der Waals surface area contributed by atoms with Gasteiger partial charge in [0.15, 0.2) is 0 Å². The smallest absolute Gasteiger partial charge is 0.245 e. The number of nitrogen functional groups attached to an aromatic ring is 1. The van der Waals surface area contributed by atoms with Crippen LogP contribution in [-0.2, 0) is 10.0 Å². The monoisotopic (exact) mass is 283 g/mol. The van der Waals surface area contributed by atoms with Crippen LogP contribution in [0, 0.1) is 5.92 Å². The van der Waals surface area contributed by atoms with Gasteiger partial charge in [0.25, 0.3) is 0 Å². The van der Waals surface area contributed by atoms with Gasteiger partial charge in [-0.3, -0.25) is 5.84 Å². The second kappa shape index (κ2) is 5.48. The second-order valence-electron chi connectivity index (χ2n) is 5.25. The number of hydrogen-bond acceptors (Lipinski definition) is 4. The minimum absolute atomic E-state index is 0.0343. The highest BCUT2D eigenvalue weighted by molar-refractivity contribution is 7.89. The normalized spacial score (nSPS) is 25.2. The van der Waals surface area contributed by atoms with Crippen molar-refractivity contribution in [3.8, 4) is 0 Å². The Morgan fingerprint density at radius 2 is 1.95 bits per heavy atom. The highest BCUT2D eigenvalue weighted by Gasteiger charge is 2.34. The topological polar surface area (TPSA) is 75.4 Å². The van der Waals surface area contributed by atoms with E-state index >= 15 is 0 Å². The number of nitrogens with zero attached hydrogens (tertiary/aromatic N) is 1. The number of sulfonamides is 1. The molecule has 0 amide bonds. The van der Waals surface area contributed by atoms with Crippen LogP contribution in [-0.4, -0.2) is 25.3 Å². The maximum Gasteiger partial charge on any atom is 0.245 e. The van der Waals surface area contributed by atoms with Crippen LogP contribution < -0.4 is 11.3 Å². The summed E-state index contributed by atoms with van der Waals surface area (Å²) < 4.78 is 27.1. The summed E-state index contributed by atoms with van der Waals surface area (Å²) in [5.41, 5.74) is 2.90. The van der Waals surface area contributed by atoms with Crippen LogP contribution in [0.4, 0.5) is 5.69 Å². The molecule has 5 nitrogen and oxygen atoms in total. The maximum absolute atomic E-state index is 12.8. The van der Waals surface area contributed by atoms with E-state index in [4.69, 9.17) is 5.84 Å². The molecule has 3 N–H and O–H groups in total. The molecular weight excluding hydrogens is 262 g/mol. The average Bonchev–Trinajstić information content (AvgIpc) is 2.41. The predicted octanol–water partition coefficient (Wildman–Crippen LogP) is 1.78. The molecule has 0 bridgehead atoms. The van der Waals surface area contributed by atoms with E-state index in [9.17, 15) is 8.42 Å². The van der Waals surface area contributed by atoms with Gasteiger partial charge >= 0.3 is 0 Å². The number of nitrogens with one attached hydrogen (secondary N) is 1. The van der Waals surface area contributed by atoms with E-state index in [0.29, 0.717) is 18.2 Å². The summed E-state index contributed by atoms with van der Waals surface area (Å²) in [5, 5.41) is 0. The fraction of sp³-hybridized carbons (Fsp3) is 0.538. The molecular formula is C13H21N3O2S. The Bertz CT molecular complexity index is 545. The number of anilines is 1. The lowest BCUT2D eigenvalue weighted by Gasteiger charge is -2.35. The number of para-hydroxylation sites is 1. The zero-order valence-electron chi connectivity index (χ0n) is 11.3. The first-order valence-corrected chi connectivity index (χ1v) is 7.98. The van der Waals surface area contributed by atoms with E-state index < -0.39 is 10.0 Å². The largest absolute Gasteiger partial charge is 0.323 e. The van der Waals surface area contributed by atoms with Crippen LogP contribution in [0.25, 0.3) is 0 Å². The van der Waals surface area contributed by atoms with Crippen molar-refractivity contribution in [2.75, 3.05) is 12.0 Å². The molecule has 1 saturated heterocycles. The Kier molecular flexibility index (Phi) is 4.13. The van der Waals surface area contributed by atoms with E-state index in [1.54, 1.807) is 28.6 Å². The fourth-order valence-electron chi connectivity index (χ4n) is 2.52. The molecule has 1 aliphatic rings. The van der Waals surface area contributed by atoms with Gasteiger partial charge < -0.3 is 5.43 Å². The summed E-state index contributed by atoms with van der Waals surface area (Å²) in [7, 11) is -3.50. The van der Waals surface area contributed by atoms with E-state index in [1.807, 2.05) is 6.92 Å². The molecule has 6 heteroatoms. The molecule has 0 aromatic heterocycles. The van der Waals surface area contributed by atoms with Crippen LogP contribution in [0.5, 0.6) is 0 Å². The fourth-order valence-corrected chi connectivity index (χ4v) is 4.46. The molecule has 0 radical (unpaired) electrons. The average molecular weight is 283 g/mol. The van der Waals surface area contributed by atoms with Crippen LogP contribution in [0.2, 0.25) is 0 Å². The van der Waals surface area contributed by atoms with Crippen molar-refractivity contribution >= 4 is 15.7 Å². The first-order valence-electron chi connectivity index (χ1n) is 6.54. The number of hydrogen-bond donors (Lipinski definition) is 2. The minimum atomic E-state index is -3.50. The van der Waals surface area contributed by atoms with Crippen molar-refractivity contribution in [3.63, 3.8) is 0 Å². The molecule has 1 fully saturated rings. The van der Waals surface area contributed by atoms with Crippen molar-refractivity contribution in [2.24, 2.45) is 11.8 Å². The number of piperidine rings is 1. The third-order valence-electron chi connectivity index (χ3n) is 3.69. The first-order chi connectivity index (χ1) is 8.96. The highest BCUT2D eigenvalue weighted by Crippen LogP contribution is 2.30. The lowest BCUT2D eigenvalue weighted by molar-refractivity contribution is 0.218. The molecule has 1 aromatic rings. The first kappa shape index (κ1) is 14.3. The lowest BCUT2D eigenvalue weighted by atomic mass is 9.97. The van der Waals surface area contributed by atoms with Crippen molar-refractivity contribution < 1.29 is 8.42 Å². The summed E-state index contributed by atoms with van der Waals surface area (Å²) in [4.78, 5) is 0.249. The van der Waals surface area contributed by atoms with Gasteiger partial charge in [0.2, 0.25) is 10.0 Å². The molecule has 1 heterocycles. The molecule has 19 heavy (non-hydrogen) atoms. The lowest BCUT2D eigenvalue weighted by Crippen LogP contribution is -2.45. The van der Waals surface area contributed by atoms with Gasteiger partial charge in [0.1, 0.15) is 4.90 Å². The standard InChI is InChI=1S/C13H21N3O2S/c1-10-7-8-11(2)16(9-10)19(17,18)13-6-4-3-5-12(13)15-14/h3-6,10-11,15H,7-9,14H2,1-2H3. The third kappa shape index (κ3) is 2.75. The second-order valence-corrected chi connectivity index (χ2v) is 7.11. The Labute approximate surface area is 114 Å². The van der Waals surface area contributed by atoms with Gasteiger partial charge in [-0.25, -0.2) is 8.42 Å². The van der Waals surface area contributed by atoms with Crippen molar-refractivity contribution in [1.82, 2.24) is 4.31 Å². The van der Waals surface area contributed by atoms with E-state index in [2.05, 4.69) is 12.3 Å². The van der Waals surface area contributed by atoms with Gasteiger partial charge in [0.05, 0.1) is 5.69 Å². The van der Waals surface area contributed by atoms with Crippen LogP contribution in [0.1, 0.15) is 26.7 Å². The molecule has 0 spiro atoms. The van der Waals surface area contributed by atoms with Crippen LogP contribution >= 0.6 is 0 Å². The molecule has 1 aromatic carbocycles. The summed E-state index contributed by atoms with van der Waals surface area (Å²) in [6, 6.07) is 6.77. The Hall–Kier alpha value is -1.11. The summed E-state index contributed by atoms with van der Waals surface area (Å²) in [5.74, 6) is 5.80. The van der Waals surface area contributed by atoms with Gasteiger partial charge in [-0.15, -0.1) is 0 Å². The van der Waals surface area contributed by atoms with Crippen LogP contribution in [0.15, 0.2) is 29.2 Å². The third-order valence-corrected chi connectivity index (χ3v) is 5.73. The predicted molar refractivity (Wildman–Crippen MR) is 76.0 cm³/mol. The van der Waals surface area contributed by atoms with Crippen molar-refractivity contribution in [2.45, 2.75) is 37.6 Å². The molecule has 0 saturated carbocycles. The van der Waals surface area contributed by atoms with Gasteiger partial charge in [-0.05, 0) is 37.8 Å². The molecule has 106 valence electrons. The zero-order valence-corrected chi connectivity index (χ0v) is 12.2. The SMILES string of the molecule is CC1CCC(C)N(S(=O)(=O)c2ccccc2NN)C1. The number of nitrogens with two attached hydrogens (primary N) is 1. The number of benzene rings is 1. The Balaban J connectivity index is 2.41. The van der Waals surface area contributed by atoms with Gasteiger partial charge in [-0.1, -0.05) is 19.1 Å². The van der Waals surface area contributed by atoms with E-state index in [-0.39, 0.29) is 10.9 Å². The van der Waals surface area contributed by atoms with Crippen LogP contribution in [0.3, 0.4) is 0 Å². The quantitative estimate of drug-likeness (QED) is 0.655. The molecule has 2 atom stereocenters. The minimum Gasteiger partial charge on any atom is -0.323 e. The van der Waals surface area contributed by atoms with Gasteiger partial charge in [-0.2, -0.15) is 4.31 Å². The summed E-state index contributed by atoms with van der Waals surface area (Å²) in [6.07, 6.45) is 1.97. The van der Waals surface area contributed by atoms with E-state index in [1.165, 1.54) is 0 Å². The molecule has 0 aliphatic carbocycles. The number of rotatable bonds is 3. The van der Waals surface area contributed by atoms with Crippen molar-refractivity contribution in [1.29, 1.82) is 0 Å². The zero-order chi connectivity index (χ0) is 14.0. The summed E-state index contributed by atoms with van der Waals surface area (Å²) >= 11 is 0. The molecule has 2 rings (SSSR count). The highest BCUT2D eigenvalue weighted by atomic mass is 32.2. The van der Waals surface area contributed by atoms with Crippen molar-refractivity contribution in [3.05, 3.63) is 24.3 Å². The molecule has 2 unspecified atom stereocenters. The molecule has 1 aliphatic heterocycles.